The summed E-state index contributed by atoms with van der Waals surface area (Å²) in [6.07, 6.45) is 0. The van der Waals surface area contributed by atoms with E-state index in [2.05, 4.69) is 9.97 Å². The zero-order valence-corrected chi connectivity index (χ0v) is 13.8. The maximum absolute atomic E-state index is 13.0. The molecule has 2 aromatic heterocycles. The lowest BCUT2D eigenvalue weighted by Crippen LogP contribution is -2.05. The molecule has 4 rings (SSSR count). The van der Waals surface area contributed by atoms with E-state index in [1.165, 1.54) is 23.5 Å². The maximum atomic E-state index is 13.0. The van der Waals surface area contributed by atoms with Crippen LogP contribution < -0.4 is 0 Å². The number of nitrogens with zero attached hydrogens (tertiary/aromatic N) is 1. The normalized spacial score (nSPS) is 10.9. The topological polar surface area (TPSA) is 55.0 Å². The fourth-order valence-electron chi connectivity index (χ4n) is 2.50. The van der Waals surface area contributed by atoms with Crippen molar-refractivity contribution < 1.29 is 13.9 Å². The minimum Gasteiger partial charge on any atom is -0.454 e. The van der Waals surface area contributed by atoms with Gasteiger partial charge in [0.25, 0.3) is 0 Å². The molecule has 1 N–H and O–H groups in total. The third-order valence-corrected chi connectivity index (χ3v) is 4.68. The number of halogens is 1. The van der Waals surface area contributed by atoms with Gasteiger partial charge in [0.1, 0.15) is 23.1 Å². The first-order valence-corrected chi connectivity index (χ1v) is 8.52. The second kappa shape index (κ2) is 6.49. The molecule has 0 aliphatic carbocycles. The van der Waals surface area contributed by atoms with Gasteiger partial charge in [-0.25, -0.2) is 14.2 Å². The first kappa shape index (κ1) is 15.5. The van der Waals surface area contributed by atoms with Crippen molar-refractivity contribution in [2.45, 2.75) is 6.61 Å². The Morgan fingerprint density at radius 1 is 1.16 bits per heavy atom. The van der Waals surface area contributed by atoms with Crippen molar-refractivity contribution in [1.29, 1.82) is 0 Å². The molecule has 25 heavy (non-hydrogen) atoms. The number of para-hydroxylation sites is 1. The van der Waals surface area contributed by atoms with Crippen LogP contribution in [0.2, 0.25) is 0 Å². The number of benzene rings is 2. The standard InChI is InChI=1S/C19H13FN2O2S/c20-14-7-5-12(6-8-14)18-21-15(11-25-18)10-24-19(23)17-9-13-3-1-2-4-16(13)22-17/h1-9,11,22H,10H2. The number of esters is 1. The first-order valence-electron chi connectivity index (χ1n) is 7.64. The first-order chi connectivity index (χ1) is 12.2. The Balaban J connectivity index is 1.44. The van der Waals surface area contributed by atoms with Crippen LogP contribution in [0.3, 0.4) is 0 Å². The van der Waals surface area contributed by atoms with Crippen molar-refractivity contribution in [3.8, 4) is 10.6 Å². The van der Waals surface area contributed by atoms with E-state index < -0.39 is 5.97 Å². The molecular weight excluding hydrogens is 339 g/mol. The highest BCUT2D eigenvalue weighted by Crippen LogP contribution is 2.24. The summed E-state index contributed by atoms with van der Waals surface area (Å²) < 4.78 is 18.3. The number of hydrogen-bond donors (Lipinski definition) is 1. The number of fused-ring (bicyclic) bond motifs is 1. The van der Waals surface area contributed by atoms with E-state index >= 15 is 0 Å². The molecule has 0 aliphatic heterocycles. The second-order valence-electron chi connectivity index (χ2n) is 5.50. The van der Waals surface area contributed by atoms with Crippen LogP contribution in [0.5, 0.6) is 0 Å². The number of aromatic amines is 1. The van der Waals surface area contributed by atoms with Gasteiger partial charge in [0, 0.05) is 21.8 Å². The van der Waals surface area contributed by atoms with Crippen LogP contribution in [0.4, 0.5) is 4.39 Å². The summed E-state index contributed by atoms with van der Waals surface area (Å²) in [6, 6.07) is 15.6. The molecule has 0 aliphatic rings. The molecule has 2 heterocycles. The van der Waals surface area contributed by atoms with Gasteiger partial charge in [-0.05, 0) is 36.4 Å². The number of carbonyl (C=O) groups is 1. The Kier molecular flexibility index (Phi) is 4.03. The largest absolute Gasteiger partial charge is 0.454 e. The predicted octanol–water partition coefficient (Wildman–Crippen LogP) is 4.79. The van der Waals surface area contributed by atoms with Crippen LogP contribution in [-0.4, -0.2) is 15.9 Å². The van der Waals surface area contributed by atoms with Gasteiger partial charge in [0.15, 0.2) is 0 Å². The van der Waals surface area contributed by atoms with Crippen molar-refractivity contribution in [3.05, 3.63) is 77.2 Å². The van der Waals surface area contributed by atoms with Gasteiger partial charge in [0.05, 0.1) is 5.69 Å². The summed E-state index contributed by atoms with van der Waals surface area (Å²) in [5.41, 5.74) is 2.80. The Labute approximate surface area is 146 Å². The maximum Gasteiger partial charge on any atom is 0.355 e. The minimum absolute atomic E-state index is 0.0892. The van der Waals surface area contributed by atoms with Crippen LogP contribution in [0, 0.1) is 5.82 Å². The molecule has 0 radical (unpaired) electrons. The Morgan fingerprint density at radius 2 is 1.96 bits per heavy atom. The van der Waals surface area contributed by atoms with E-state index in [-0.39, 0.29) is 12.4 Å². The highest BCUT2D eigenvalue weighted by molar-refractivity contribution is 7.13. The average molecular weight is 352 g/mol. The number of thiazole rings is 1. The lowest BCUT2D eigenvalue weighted by Gasteiger charge is -2.00. The number of H-pyrrole nitrogens is 1. The Bertz CT molecular complexity index is 1000. The van der Waals surface area contributed by atoms with Crippen molar-refractivity contribution in [1.82, 2.24) is 9.97 Å². The zero-order chi connectivity index (χ0) is 17.2. The molecule has 0 unspecified atom stereocenters. The Hall–Kier alpha value is -2.99. The highest BCUT2D eigenvalue weighted by Gasteiger charge is 2.12. The van der Waals surface area contributed by atoms with Crippen LogP contribution in [0.15, 0.2) is 60.0 Å². The van der Waals surface area contributed by atoms with Gasteiger partial charge >= 0.3 is 5.97 Å². The fourth-order valence-corrected chi connectivity index (χ4v) is 3.31. The van der Waals surface area contributed by atoms with Crippen LogP contribution in [0.25, 0.3) is 21.5 Å². The zero-order valence-electron chi connectivity index (χ0n) is 13.0. The van der Waals surface area contributed by atoms with Gasteiger partial charge in [-0.2, -0.15) is 0 Å². The number of hydrogen-bond acceptors (Lipinski definition) is 4. The quantitative estimate of drug-likeness (QED) is 0.537. The fraction of sp³-hybridized carbons (Fsp3) is 0.0526. The van der Waals surface area contributed by atoms with Gasteiger partial charge in [-0.3, -0.25) is 0 Å². The molecule has 4 nitrogen and oxygen atoms in total. The second-order valence-corrected chi connectivity index (χ2v) is 6.36. The average Bonchev–Trinajstić information content (AvgIpc) is 3.27. The molecule has 4 aromatic rings. The van der Waals surface area contributed by atoms with Gasteiger partial charge < -0.3 is 9.72 Å². The van der Waals surface area contributed by atoms with Crippen LogP contribution >= 0.6 is 11.3 Å². The minimum atomic E-state index is -0.424. The lowest BCUT2D eigenvalue weighted by molar-refractivity contribution is 0.0462. The number of rotatable bonds is 4. The van der Waals surface area contributed by atoms with Crippen molar-refractivity contribution in [3.63, 3.8) is 0 Å². The van der Waals surface area contributed by atoms with Gasteiger partial charge in [-0.15, -0.1) is 11.3 Å². The van der Waals surface area contributed by atoms with E-state index in [0.717, 1.165) is 21.5 Å². The molecule has 6 heteroatoms. The Morgan fingerprint density at radius 3 is 2.76 bits per heavy atom. The lowest BCUT2D eigenvalue weighted by atomic mass is 10.2. The molecule has 124 valence electrons. The summed E-state index contributed by atoms with van der Waals surface area (Å²) in [5, 5.41) is 3.55. The van der Waals surface area contributed by atoms with Crippen molar-refractivity contribution >= 4 is 28.2 Å². The van der Waals surface area contributed by atoms with E-state index in [0.29, 0.717) is 11.4 Å². The number of ether oxygens (including phenoxy) is 1. The third-order valence-electron chi connectivity index (χ3n) is 3.74. The van der Waals surface area contributed by atoms with E-state index in [4.69, 9.17) is 4.74 Å². The summed E-state index contributed by atoms with van der Waals surface area (Å²) in [5.74, 6) is -0.708. The van der Waals surface area contributed by atoms with Crippen molar-refractivity contribution in [2.24, 2.45) is 0 Å². The van der Waals surface area contributed by atoms with E-state index in [1.54, 1.807) is 18.2 Å². The monoisotopic (exact) mass is 352 g/mol. The number of carbonyl (C=O) groups excluding carboxylic acids is 1. The summed E-state index contributed by atoms with van der Waals surface area (Å²) >= 11 is 1.43. The van der Waals surface area contributed by atoms with Gasteiger partial charge in [0.2, 0.25) is 0 Å². The van der Waals surface area contributed by atoms with Crippen LogP contribution in [-0.2, 0) is 11.3 Å². The molecule has 0 spiro atoms. The SMILES string of the molecule is O=C(OCc1csc(-c2ccc(F)cc2)n1)c1cc2ccccc2[nH]1. The molecular formula is C19H13FN2O2S. The molecule has 0 fully saturated rings. The predicted molar refractivity (Wildman–Crippen MR) is 94.9 cm³/mol. The van der Waals surface area contributed by atoms with Crippen molar-refractivity contribution in [2.75, 3.05) is 0 Å². The summed E-state index contributed by atoms with van der Waals surface area (Å²) in [6.45, 7) is 0.0892. The summed E-state index contributed by atoms with van der Waals surface area (Å²) in [7, 11) is 0. The molecule has 2 aromatic carbocycles. The molecule has 0 saturated carbocycles. The van der Waals surface area contributed by atoms with E-state index in [9.17, 15) is 9.18 Å². The number of nitrogens with one attached hydrogen (secondary N) is 1. The van der Waals surface area contributed by atoms with Crippen LogP contribution in [0.1, 0.15) is 16.2 Å². The highest BCUT2D eigenvalue weighted by atomic mass is 32.1. The summed E-state index contributed by atoms with van der Waals surface area (Å²) in [4.78, 5) is 19.6. The molecule has 0 atom stereocenters. The van der Waals surface area contributed by atoms with Gasteiger partial charge in [-0.1, -0.05) is 18.2 Å². The third kappa shape index (κ3) is 3.29. The number of aromatic nitrogens is 2. The molecule has 0 bridgehead atoms. The smallest absolute Gasteiger partial charge is 0.355 e. The van der Waals surface area contributed by atoms with E-state index in [1.807, 2.05) is 29.6 Å². The molecule has 0 amide bonds. The molecule has 0 saturated heterocycles.